The third-order valence-electron chi connectivity index (χ3n) is 2.97. The van der Waals surface area contributed by atoms with Crippen LogP contribution in [0.3, 0.4) is 0 Å². The van der Waals surface area contributed by atoms with Crippen LogP contribution in [0.1, 0.15) is 37.9 Å². The number of amides is 1. The van der Waals surface area contributed by atoms with Crippen molar-refractivity contribution in [3.8, 4) is 0 Å². The Labute approximate surface area is 118 Å². The Hall–Kier alpha value is -1.29. The van der Waals surface area contributed by atoms with Gasteiger partial charge in [-0.2, -0.15) is 5.10 Å². The summed E-state index contributed by atoms with van der Waals surface area (Å²) in [4.78, 5) is 11.6. The van der Waals surface area contributed by atoms with E-state index in [1.807, 2.05) is 6.92 Å². The SMILES string of the molecule is Cc1nn(CC(C)C)c(Cl)c1/C=C/C(=O)NC1CC1. The third-order valence-corrected chi connectivity index (χ3v) is 3.37. The lowest BCUT2D eigenvalue weighted by atomic mass is 10.2. The number of carbonyl (C=O) groups is 1. The standard InChI is InChI=1S/C14H20ClN3O/c1-9(2)8-18-14(15)12(10(3)17-18)6-7-13(19)16-11-4-5-11/h6-7,9,11H,4-5,8H2,1-3H3,(H,16,19)/b7-6+. The number of halogens is 1. The molecule has 1 aliphatic carbocycles. The van der Waals surface area contributed by atoms with E-state index in [0.29, 0.717) is 17.1 Å². The molecule has 1 amide bonds. The highest BCUT2D eigenvalue weighted by Gasteiger charge is 2.22. The molecule has 0 aromatic carbocycles. The van der Waals surface area contributed by atoms with Crippen LogP contribution in [0, 0.1) is 12.8 Å². The molecule has 0 spiro atoms. The molecule has 104 valence electrons. The first-order valence-electron chi connectivity index (χ1n) is 6.69. The van der Waals surface area contributed by atoms with Crippen LogP contribution in [0.15, 0.2) is 6.08 Å². The maximum Gasteiger partial charge on any atom is 0.244 e. The van der Waals surface area contributed by atoms with E-state index in [2.05, 4.69) is 24.3 Å². The first kappa shape index (κ1) is 14.1. The minimum absolute atomic E-state index is 0.0606. The van der Waals surface area contributed by atoms with Gasteiger partial charge in [0.2, 0.25) is 5.91 Å². The van der Waals surface area contributed by atoms with E-state index in [0.717, 1.165) is 30.6 Å². The smallest absolute Gasteiger partial charge is 0.244 e. The van der Waals surface area contributed by atoms with Gasteiger partial charge in [0.05, 0.1) is 5.69 Å². The molecule has 1 saturated carbocycles. The van der Waals surface area contributed by atoms with Gasteiger partial charge in [0.15, 0.2) is 0 Å². The minimum Gasteiger partial charge on any atom is -0.350 e. The van der Waals surface area contributed by atoms with Gasteiger partial charge in [0.1, 0.15) is 5.15 Å². The van der Waals surface area contributed by atoms with Crippen LogP contribution in [0.5, 0.6) is 0 Å². The molecule has 2 rings (SSSR count). The second-order valence-electron chi connectivity index (χ2n) is 5.48. The number of carbonyl (C=O) groups excluding carboxylic acids is 1. The highest BCUT2D eigenvalue weighted by Crippen LogP contribution is 2.22. The van der Waals surface area contributed by atoms with E-state index >= 15 is 0 Å². The van der Waals surface area contributed by atoms with Crippen LogP contribution in [0.2, 0.25) is 5.15 Å². The molecule has 1 N–H and O–H groups in total. The molecular formula is C14H20ClN3O. The molecule has 1 aromatic heterocycles. The largest absolute Gasteiger partial charge is 0.350 e. The molecule has 5 heteroatoms. The average Bonchev–Trinajstić information content (AvgIpc) is 3.06. The first-order valence-corrected chi connectivity index (χ1v) is 7.06. The molecule has 1 fully saturated rings. The van der Waals surface area contributed by atoms with Crippen molar-refractivity contribution >= 4 is 23.6 Å². The Morgan fingerprint density at radius 3 is 2.84 bits per heavy atom. The van der Waals surface area contributed by atoms with Crippen molar-refractivity contribution in [1.82, 2.24) is 15.1 Å². The summed E-state index contributed by atoms with van der Waals surface area (Å²) in [5.41, 5.74) is 1.68. The van der Waals surface area contributed by atoms with Gasteiger partial charge in [-0.25, -0.2) is 0 Å². The monoisotopic (exact) mass is 281 g/mol. The highest BCUT2D eigenvalue weighted by molar-refractivity contribution is 6.31. The van der Waals surface area contributed by atoms with E-state index in [1.165, 1.54) is 6.08 Å². The Morgan fingerprint density at radius 1 is 1.58 bits per heavy atom. The normalized spacial score (nSPS) is 15.4. The van der Waals surface area contributed by atoms with Crippen molar-refractivity contribution in [2.45, 2.75) is 46.2 Å². The fraction of sp³-hybridized carbons (Fsp3) is 0.571. The van der Waals surface area contributed by atoms with Crippen molar-refractivity contribution in [3.05, 3.63) is 22.5 Å². The lowest BCUT2D eigenvalue weighted by Gasteiger charge is -2.05. The summed E-state index contributed by atoms with van der Waals surface area (Å²) in [7, 11) is 0. The fourth-order valence-electron chi connectivity index (χ4n) is 1.86. The molecular weight excluding hydrogens is 262 g/mol. The van der Waals surface area contributed by atoms with Gasteiger partial charge in [-0.1, -0.05) is 25.4 Å². The summed E-state index contributed by atoms with van der Waals surface area (Å²) < 4.78 is 1.79. The molecule has 1 aliphatic rings. The van der Waals surface area contributed by atoms with Crippen LogP contribution in [-0.2, 0) is 11.3 Å². The molecule has 1 aromatic rings. The molecule has 0 aliphatic heterocycles. The number of aromatic nitrogens is 2. The summed E-state index contributed by atoms with van der Waals surface area (Å²) in [5, 5.41) is 7.91. The van der Waals surface area contributed by atoms with Crippen LogP contribution in [0.4, 0.5) is 0 Å². The number of rotatable bonds is 5. The van der Waals surface area contributed by atoms with Gasteiger partial charge in [-0.3, -0.25) is 9.48 Å². The Morgan fingerprint density at radius 2 is 2.26 bits per heavy atom. The Bertz CT molecular complexity index is 501. The molecule has 0 unspecified atom stereocenters. The number of nitrogens with zero attached hydrogens (tertiary/aromatic N) is 2. The number of aryl methyl sites for hydroxylation is 1. The number of hydrogen-bond acceptors (Lipinski definition) is 2. The predicted molar refractivity (Wildman–Crippen MR) is 77.0 cm³/mol. The quantitative estimate of drug-likeness (QED) is 0.844. The molecule has 0 radical (unpaired) electrons. The summed E-state index contributed by atoms with van der Waals surface area (Å²) >= 11 is 6.29. The van der Waals surface area contributed by atoms with Crippen molar-refractivity contribution in [2.75, 3.05) is 0 Å². The minimum atomic E-state index is -0.0606. The van der Waals surface area contributed by atoms with Crippen molar-refractivity contribution in [2.24, 2.45) is 5.92 Å². The topological polar surface area (TPSA) is 46.9 Å². The maximum atomic E-state index is 11.6. The molecule has 1 heterocycles. The van der Waals surface area contributed by atoms with Crippen molar-refractivity contribution in [3.63, 3.8) is 0 Å². The van der Waals surface area contributed by atoms with Crippen LogP contribution < -0.4 is 5.32 Å². The molecule has 0 atom stereocenters. The number of hydrogen-bond donors (Lipinski definition) is 1. The Balaban J connectivity index is 2.08. The average molecular weight is 282 g/mol. The number of nitrogens with one attached hydrogen (secondary N) is 1. The summed E-state index contributed by atoms with van der Waals surface area (Å²) in [6, 6.07) is 0.373. The van der Waals surface area contributed by atoms with Gasteiger partial charge in [0, 0.05) is 24.2 Å². The summed E-state index contributed by atoms with van der Waals surface area (Å²) in [6.45, 7) is 6.92. The van der Waals surface area contributed by atoms with Crippen LogP contribution in [0.25, 0.3) is 6.08 Å². The van der Waals surface area contributed by atoms with Gasteiger partial charge in [-0.05, 0) is 31.8 Å². The zero-order valence-electron chi connectivity index (χ0n) is 11.6. The Kier molecular flexibility index (Phi) is 4.30. The van der Waals surface area contributed by atoms with E-state index in [9.17, 15) is 4.79 Å². The zero-order valence-corrected chi connectivity index (χ0v) is 12.4. The molecule has 0 saturated heterocycles. The van der Waals surface area contributed by atoms with Crippen molar-refractivity contribution < 1.29 is 4.79 Å². The van der Waals surface area contributed by atoms with Gasteiger partial charge in [-0.15, -0.1) is 0 Å². The second kappa shape index (κ2) is 5.78. The van der Waals surface area contributed by atoms with E-state index < -0.39 is 0 Å². The third kappa shape index (κ3) is 3.83. The molecule has 0 bridgehead atoms. The molecule has 4 nitrogen and oxygen atoms in total. The van der Waals surface area contributed by atoms with E-state index in [-0.39, 0.29) is 5.91 Å². The van der Waals surface area contributed by atoms with Crippen molar-refractivity contribution in [1.29, 1.82) is 0 Å². The zero-order chi connectivity index (χ0) is 14.0. The maximum absolute atomic E-state index is 11.6. The predicted octanol–water partition coefficient (Wildman–Crippen LogP) is 2.79. The lowest BCUT2D eigenvalue weighted by Crippen LogP contribution is -2.22. The van der Waals surface area contributed by atoms with Crippen LogP contribution in [-0.4, -0.2) is 21.7 Å². The van der Waals surface area contributed by atoms with E-state index in [4.69, 9.17) is 11.6 Å². The van der Waals surface area contributed by atoms with Gasteiger partial charge in [0.25, 0.3) is 0 Å². The van der Waals surface area contributed by atoms with Gasteiger partial charge >= 0.3 is 0 Å². The molecule has 19 heavy (non-hydrogen) atoms. The second-order valence-corrected chi connectivity index (χ2v) is 5.84. The van der Waals surface area contributed by atoms with Crippen LogP contribution >= 0.6 is 11.6 Å². The highest BCUT2D eigenvalue weighted by atomic mass is 35.5. The lowest BCUT2D eigenvalue weighted by molar-refractivity contribution is -0.116. The summed E-state index contributed by atoms with van der Waals surface area (Å²) in [6.07, 6.45) is 5.46. The fourth-order valence-corrected chi connectivity index (χ4v) is 2.17. The first-order chi connectivity index (χ1) is 8.97. The van der Waals surface area contributed by atoms with E-state index in [1.54, 1.807) is 10.8 Å². The summed E-state index contributed by atoms with van der Waals surface area (Å²) in [5.74, 6) is 0.418. The van der Waals surface area contributed by atoms with Gasteiger partial charge < -0.3 is 5.32 Å².